The average molecular weight is 482 g/mol. The van der Waals surface area contributed by atoms with Crippen molar-refractivity contribution in [3.8, 4) is 0 Å². The van der Waals surface area contributed by atoms with Crippen LogP contribution in [0, 0.1) is 0 Å². The van der Waals surface area contributed by atoms with E-state index < -0.39 is 10.0 Å². The van der Waals surface area contributed by atoms with Crippen molar-refractivity contribution in [2.24, 2.45) is 4.99 Å². The number of benzene rings is 1. The second kappa shape index (κ2) is 12.5. The summed E-state index contributed by atoms with van der Waals surface area (Å²) in [6.07, 6.45) is 0.978. The summed E-state index contributed by atoms with van der Waals surface area (Å²) in [7, 11) is -1.54. The molecule has 0 aliphatic heterocycles. The second-order valence-corrected chi connectivity index (χ2v) is 7.46. The van der Waals surface area contributed by atoms with Gasteiger partial charge in [-0.05, 0) is 17.5 Å². The highest BCUT2D eigenvalue weighted by Crippen LogP contribution is 2.08. The monoisotopic (exact) mass is 482 g/mol. The Hall–Kier alpha value is -0.870. The SMILES string of the molecule is CCc1ccccc1CNC(=NC)NCCS(=O)(=O)N(CC)CC.I. The number of aryl methyl sites for hydroxylation is 1. The largest absolute Gasteiger partial charge is 0.355 e. The van der Waals surface area contributed by atoms with Crippen molar-refractivity contribution in [1.82, 2.24) is 14.9 Å². The van der Waals surface area contributed by atoms with E-state index in [4.69, 9.17) is 0 Å². The highest BCUT2D eigenvalue weighted by Gasteiger charge is 2.18. The van der Waals surface area contributed by atoms with E-state index in [1.54, 1.807) is 7.05 Å². The van der Waals surface area contributed by atoms with Crippen LogP contribution in [-0.4, -0.2) is 51.1 Å². The van der Waals surface area contributed by atoms with Gasteiger partial charge in [-0.3, -0.25) is 4.99 Å². The maximum absolute atomic E-state index is 12.2. The number of guanidine groups is 1. The minimum Gasteiger partial charge on any atom is -0.355 e. The van der Waals surface area contributed by atoms with E-state index >= 15 is 0 Å². The Balaban J connectivity index is 0.00000576. The molecule has 0 fully saturated rings. The van der Waals surface area contributed by atoms with Crippen molar-refractivity contribution in [3.05, 3.63) is 35.4 Å². The van der Waals surface area contributed by atoms with E-state index in [9.17, 15) is 8.42 Å². The molecule has 6 nitrogen and oxygen atoms in total. The highest BCUT2D eigenvalue weighted by atomic mass is 127. The molecule has 0 radical (unpaired) electrons. The van der Waals surface area contributed by atoms with Gasteiger partial charge >= 0.3 is 0 Å². The molecule has 25 heavy (non-hydrogen) atoms. The standard InChI is InChI=1S/C17H30N4O2S.HI/c1-5-15-10-8-9-11-16(15)14-20-17(18-4)19-12-13-24(22,23)21(6-2)7-3;/h8-11H,5-7,12-14H2,1-4H3,(H2,18,19,20);1H. The van der Waals surface area contributed by atoms with E-state index in [1.165, 1.54) is 15.4 Å². The van der Waals surface area contributed by atoms with Crippen molar-refractivity contribution in [1.29, 1.82) is 0 Å². The maximum Gasteiger partial charge on any atom is 0.215 e. The lowest BCUT2D eigenvalue weighted by molar-refractivity contribution is 0.445. The van der Waals surface area contributed by atoms with Crippen LogP contribution < -0.4 is 10.6 Å². The molecule has 8 heteroatoms. The van der Waals surface area contributed by atoms with Crippen LogP contribution in [0.25, 0.3) is 0 Å². The molecule has 0 heterocycles. The quantitative estimate of drug-likeness (QED) is 0.322. The van der Waals surface area contributed by atoms with E-state index in [0.29, 0.717) is 32.1 Å². The van der Waals surface area contributed by atoms with E-state index in [0.717, 1.165) is 6.42 Å². The third-order valence-electron chi connectivity index (χ3n) is 3.92. The molecule has 0 atom stereocenters. The van der Waals surface area contributed by atoms with Crippen molar-refractivity contribution in [3.63, 3.8) is 0 Å². The highest BCUT2D eigenvalue weighted by molar-refractivity contribution is 14.0. The predicted molar refractivity (Wildman–Crippen MR) is 116 cm³/mol. The first-order valence-electron chi connectivity index (χ1n) is 8.47. The molecule has 1 rings (SSSR count). The molecule has 2 N–H and O–H groups in total. The van der Waals surface area contributed by atoms with Crippen LogP contribution in [0.1, 0.15) is 31.9 Å². The van der Waals surface area contributed by atoms with E-state index in [1.807, 2.05) is 26.0 Å². The molecule has 0 amide bonds. The summed E-state index contributed by atoms with van der Waals surface area (Å²) in [6.45, 7) is 7.81. The van der Waals surface area contributed by atoms with Crippen molar-refractivity contribution in [2.75, 3.05) is 32.4 Å². The van der Waals surface area contributed by atoms with Gasteiger partial charge in [0.25, 0.3) is 0 Å². The molecule has 0 aliphatic rings. The predicted octanol–water partition coefficient (Wildman–Crippen LogP) is 2.20. The minimum absolute atomic E-state index is 0. The normalized spacial score (nSPS) is 12.0. The van der Waals surface area contributed by atoms with Gasteiger partial charge in [0.05, 0.1) is 5.75 Å². The minimum atomic E-state index is -3.22. The molecule has 0 unspecified atom stereocenters. The van der Waals surface area contributed by atoms with Crippen LogP contribution in [0.3, 0.4) is 0 Å². The number of nitrogens with zero attached hydrogens (tertiary/aromatic N) is 2. The van der Waals surface area contributed by atoms with Crippen molar-refractivity contribution >= 4 is 40.0 Å². The Bertz CT molecular complexity index is 631. The summed E-state index contributed by atoms with van der Waals surface area (Å²) in [5, 5.41) is 6.30. The lowest BCUT2D eigenvalue weighted by atomic mass is 10.1. The topological polar surface area (TPSA) is 73.8 Å². The molecule has 0 aromatic heterocycles. The Kier molecular flexibility index (Phi) is 12.0. The fourth-order valence-electron chi connectivity index (χ4n) is 2.52. The number of hydrogen-bond acceptors (Lipinski definition) is 3. The second-order valence-electron chi connectivity index (χ2n) is 5.38. The Morgan fingerprint density at radius 2 is 1.68 bits per heavy atom. The molecular weight excluding hydrogens is 451 g/mol. The summed E-state index contributed by atoms with van der Waals surface area (Å²) in [5.74, 6) is 0.664. The maximum atomic E-state index is 12.2. The Morgan fingerprint density at radius 1 is 1.08 bits per heavy atom. The number of halogens is 1. The average Bonchev–Trinajstić information content (AvgIpc) is 2.58. The fourth-order valence-corrected chi connectivity index (χ4v) is 3.92. The van der Waals surface area contributed by atoms with Gasteiger partial charge in [0, 0.05) is 33.2 Å². The molecular formula is C17H31IN4O2S. The lowest BCUT2D eigenvalue weighted by Gasteiger charge is -2.19. The van der Waals surface area contributed by atoms with Crippen LogP contribution >= 0.6 is 24.0 Å². The zero-order chi connectivity index (χ0) is 18.0. The Morgan fingerprint density at radius 3 is 2.20 bits per heavy atom. The zero-order valence-corrected chi connectivity index (χ0v) is 18.7. The van der Waals surface area contributed by atoms with E-state index in [-0.39, 0.29) is 29.7 Å². The first kappa shape index (κ1) is 24.1. The lowest BCUT2D eigenvalue weighted by Crippen LogP contribution is -2.42. The molecule has 144 valence electrons. The van der Waals surface area contributed by atoms with Gasteiger partial charge in [0.2, 0.25) is 10.0 Å². The molecule has 0 aliphatic carbocycles. The van der Waals surface area contributed by atoms with Gasteiger partial charge in [-0.1, -0.05) is 45.0 Å². The number of nitrogens with one attached hydrogen (secondary N) is 2. The van der Waals surface area contributed by atoms with Crippen molar-refractivity contribution in [2.45, 2.75) is 33.7 Å². The van der Waals surface area contributed by atoms with Gasteiger partial charge in [-0.15, -0.1) is 24.0 Å². The summed E-state index contributed by atoms with van der Waals surface area (Å²) >= 11 is 0. The van der Waals surface area contributed by atoms with Crippen LogP contribution in [0.15, 0.2) is 29.3 Å². The molecule has 0 saturated heterocycles. The number of rotatable bonds is 9. The summed E-state index contributed by atoms with van der Waals surface area (Å²) in [5.41, 5.74) is 2.52. The van der Waals surface area contributed by atoms with E-state index in [2.05, 4.69) is 34.7 Å². The summed E-state index contributed by atoms with van der Waals surface area (Å²) in [6, 6.07) is 8.25. The Labute approximate surface area is 169 Å². The van der Waals surface area contributed by atoms with Gasteiger partial charge < -0.3 is 10.6 Å². The van der Waals surface area contributed by atoms with Gasteiger partial charge in [0.1, 0.15) is 0 Å². The number of aliphatic imine (C=N–C) groups is 1. The first-order chi connectivity index (χ1) is 11.5. The van der Waals surface area contributed by atoms with Crippen molar-refractivity contribution < 1.29 is 8.42 Å². The molecule has 0 spiro atoms. The van der Waals surface area contributed by atoms with Crippen LogP contribution in [0.5, 0.6) is 0 Å². The zero-order valence-electron chi connectivity index (χ0n) is 15.6. The van der Waals surface area contributed by atoms with Gasteiger partial charge in [-0.2, -0.15) is 0 Å². The summed E-state index contributed by atoms with van der Waals surface area (Å²) in [4.78, 5) is 4.15. The summed E-state index contributed by atoms with van der Waals surface area (Å²) < 4.78 is 25.8. The van der Waals surface area contributed by atoms with Crippen LogP contribution in [-0.2, 0) is 23.0 Å². The molecule has 0 saturated carbocycles. The third-order valence-corrected chi connectivity index (χ3v) is 5.94. The van der Waals surface area contributed by atoms with Gasteiger partial charge in [0.15, 0.2) is 5.96 Å². The fraction of sp³-hybridized carbons (Fsp3) is 0.588. The van der Waals surface area contributed by atoms with Crippen LogP contribution in [0.4, 0.5) is 0 Å². The number of sulfonamides is 1. The molecule has 1 aromatic rings. The molecule has 1 aromatic carbocycles. The molecule has 0 bridgehead atoms. The third kappa shape index (κ3) is 7.91. The smallest absolute Gasteiger partial charge is 0.215 e. The van der Waals surface area contributed by atoms with Crippen LogP contribution in [0.2, 0.25) is 0 Å². The first-order valence-corrected chi connectivity index (χ1v) is 10.1. The van der Waals surface area contributed by atoms with Gasteiger partial charge in [-0.25, -0.2) is 12.7 Å². The number of hydrogen-bond donors (Lipinski definition) is 2.